The lowest BCUT2D eigenvalue weighted by molar-refractivity contribution is 0.0566. The van der Waals surface area contributed by atoms with Crippen LogP contribution in [0.25, 0.3) is 0 Å². The normalized spacial score (nSPS) is 12.7. The van der Waals surface area contributed by atoms with Gasteiger partial charge in [0.1, 0.15) is 10.6 Å². The van der Waals surface area contributed by atoms with Crippen LogP contribution < -0.4 is 26.6 Å². The molecule has 2 aromatic rings. The number of ether oxygens (including phenoxy) is 1. The van der Waals surface area contributed by atoms with E-state index in [2.05, 4.69) is 64.4 Å². The standard InChI is InChI=1S/C26H39N7O4S.2C3H6.C2H2/c1-26(2,3)37-25(36)33(28-5)24-20(15-21(38-24)23(35)30-27-4)16-29-22(34)19-9-7-8-18(14-19)17-32-12-10-31(6)11-13-32;2*1-3-2;1-2/h7-9,14-15,27-28H,10-13,16-17H2,1-6H3,(H,29,34)(H,30,35);2*3H,1H2,2H3;1-2H. The average Bonchev–Trinajstić information content (AvgIpc) is 3.42. The molecular weight excluding hydrogens is 602 g/mol. The van der Waals surface area contributed by atoms with Gasteiger partial charge in [0.15, 0.2) is 0 Å². The summed E-state index contributed by atoms with van der Waals surface area (Å²) in [6.07, 6.45) is 10.9. The van der Waals surface area contributed by atoms with Crippen molar-refractivity contribution >= 4 is 34.2 Å². The van der Waals surface area contributed by atoms with Crippen LogP contribution in [-0.2, 0) is 17.8 Å². The van der Waals surface area contributed by atoms with Crippen LogP contribution in [-0.4, -0.2) is 80.6 Å². The molecule has 0 unspecified atom stereocenters. The van der Waals surface area contributed by atoms with E-state index >= 15 is 0 Å². The number of amides is 3. The van der Waals surface area contributed by atoms with Crippen molar-refractivity contribution in [2.45, 2.75) is 53.3 Å². The van der Waals surface area contributed by atoms with E-state index in [1.807, 2.05) is 32.0 Å². The first kappa shape index (κ1) is 42.0. The van der Waals surface area contributed by atoms with Crippen molar-refractivity contribution in [1.82, 2.24) is 31.4 Å². The number of likely N-dealkylation sites (N-methyl/N-ethyl adjacent to an activating group) is 1. The topological polar surface area (TPSA) is 118 Å². The molecule has 2 heterocycles. The third kappa shape index (κ3) is 15.3. The molecule has 4 N–H and O–H groups in total. The van der Waals surface area contributed by atoms with Crippen molar-refractivity contribution in [2.24, 2.45) is 0 Å². The molecule has 1 fully saturated rings. The van der Waals surface area contributed by atoms with Gasteiger partial charge in [-0.05, 0) is 65.4 Å². The predicted octanol–water partition coefficient (Wildman–Crippen LogP) is 4.80. The SMILES string of the molecule is C#C.C=CC.C=CC.CNNC(=O)c1cc(CNC(=O)c2cccc(CN3CCN(C)CC3)c2)c(N(NC)C(=O)OC(C)(C)C)s1. The summed E-state index contributed by atoms with van der Waals surface area (Å²) in [5.74, 6) is -0.593. The molecule has 46 heavy (non-hydrogen) atoms. The van der Waals surface area contributed by atoms with E-state index in [1.54, 1.807) is 59.2 Å². The molecule has 0 aliphatic carbocycles. The Labute approximate surface area is 280 Å². The van der Waals surface area contributed by atoms with Gasteiger partial charge in [0.2, 0.25) is 0 Å². The van der Waals surface area contributed by atoms with Crippen molar-refractivity contribution in [3.05, 3.63) is 77.2 Å². The first-order valence-corrected chi connectivity index (χ1v) is 15.7. The van der Waals surface area contributed by atoms with Gasteiger partial charge in [0, 0.05) is 64.5 Å². The third-order valence-corrected chi connectivity index (χ3v) is 7.04. The number of benzene rings is 1. The Hall–Kier alpha value is -3.99. The summed E-state index contributed by atoms with van der Waals surface area (Å²) >= 11 is 1.11. The van der Waals surface area contributed by atoms with Crippen LogP contribution >= 0.6 is 11.3 Å². The van der Waals surface area contributed by atoms with Gasteiger partial charge in [-0.1, -0.05) is 24.3 Å². The Morgan fingerprint density at radius 1 is 1.02 bits per heavy atom. The molecular formula is C34H53N7O4S. The Bertz CT molecular complexity index is 1260. The Morgan fingerprint density at radius 2 is 1.61 bits per heavy atom. The van der Waals surface area contributed by atoms with Crippen molar-refractivity contribution in [1.29, 1.82) is 0 Å². The van der Waals surface area contributed by atoms with Crippen LogP contribution in [0.1, 0.15) is 65.8 Å². The second-order valence-electron chi connectivity index (χ2n) is 11.0. The summed E-state index contributed by atoms with van der Waals surface area (Å²) < 4.78 is 5.52. The van der Waals surface area contributed by atoms with Crippen molar-refractivity contribution < 1.29 is 19.1 Å². The summed E-state index contributed by atoms with van der Waals surface area (Å²) in [6.45, 7) is 20.8. The van der Waals surface area contributed by atoms with Crippen LogP contribution in [0.5, 0.6) is 0 Å². The van der Waals surface area contributed by atoms with Crippen molar-refractivity contribution in [3.8, 4) is 12.8 Å². The van der Waals surface area contributed by atoms with Gasteiger partial charge in [0.25, 0.3) is 11.8 Å². The smallest absolute Gasteiger partial charge is 0.430 e. The lowest BCUT2D eigenvalue weighted by Crippen LogP contribution is -2.44. The second kappa shape index (κ2) is 22.5. The predicted molar refractivity (Wildman–Crippen MR) is 191 cm³/mol. The number of anilines is 1. The molecule has 0 atom stereocenters. The van der Waals surface area contributed by atoms with E-state index in [1.165, 1.54) is 5.01 Å². The minimum atomic E-state index is -0.709. The maximum atomic E-state index is 13.1. The number of nitrogens with one attached hydrogen (secondary N) is 4. The van der Waals surface area contributed by atoms with Crippen LogP contribution in [0.15, 0.2) is 55.6 Å². The molecule has 1 aromatic carbocycles. The number of nitrogens with zero attached hydrogens (tertiary/aromatic N) is 3. The van der Waals surface area contributed by atoms with Gasteiger partial charge in [-0.2, -0.15) is 5.01 Å². The van der Waals surface area contributed by atoms with Gasteiger partial charge in [-0.15, -0.1) is 37.3 Å². The molecule has 254 valence electrons. The highest BCUT2D eigenvalue weighted by molar-refractivity contribution is 7.18. The molecule has 0 radical (unpaired) electrons. The Balaban J connectivity index is 0.00000230. The lowest BCUT2D eigenvalue weighted by atomic mass is 10.1. The summed E-state index contributed by atoms with van der Waals surface area (Å²) in [6, 6.07) is 9.27. The van der Waals surface area contributed by atoms with Crippen LogP contribution in [0.2, 0.25) is 0 Å². The molecule has 1 saturated heterocycles. The first-order valence-electron chi connectivity index (χ1n) is 14.9. The van der Waals surface area contributed by atoms with E-state index in [4.69, 9.17) is 4.74 Å². The summed E-state index contributed by atoms with van der Waals surface area (Å²) in [5.41, 5.74) is 9.50. The molecule has 3 amide bonds. The Kier molecular flexibility index (Phi) is 20.6. The average molecular weight is 656 g/mol. The van der Waals surface area contributed by atoms with Crippen LogP contribution in [0, 0.1) is 12.8 Å². The number of hydrogen-bond donors (Lipinski definition) is 4. The van der Waals surface area contributed by atoms with E-state index < -0.39 is 11.7 Å². The van der Waals surface area contributed by atoms with Gasteiger partial charge in [-0.3, -0.25) is 19.9 Å². The minimum Gasteiger partial charge on any atom is -0.442 e. The monoisotopic (exact) mass is 655 g/mol. The number of carbonyl (C=O) groups is 3. The number of terminal acetylenes is 1. The highest BCUT2D eigenvalue weighted by Gasteiger charge is 2.27. The quantitative estimate of drug-likeness (QED) is 0.173. The zero-order valence-corrected chi connectivity index (χ0v) is 29.6. The largest absolute Gasteiger partial charge is 0.442 e. The maximum absolute atomic E-state index is 13.1. The highest BCUT2D eigenvalue weighted by Crippen LogP contribution is 2.32. The lowest BCUT2D eigenvalue weighted by Gasteiger charge is -2.32. The van der Waals surface area contributed by atoms with Gasteiger partial charge >= 0.3 is 6.09 Å². The number of allylic oxidation sites excluding steroid dienone is 2. The molecule has 12 heteroatoms. The van der Waals surface area contributed by atoms with Gasteiger partial charge < -0.3 is 15.0 Å². The molecule has 1 aliphatic heterocycles. The summed E-state index contributed by atoms with van der Waals surface area (Å²) in [5, 5.41) is 4.63. The zero-order valence-electron chi connectivity index (χ0n) is 28.7. The van der Waals surface area contributed by atoms with E-state index in [9.17, 15) is 14.4 Å². The fourth-order valence-electron chi connectivity index (χ4n) is 3.96. The number of thiophene rings is 1. The van der Waals surface area contributed by atoms with E-state index in [0.717, 1.165) is 49.6 Å². The minimum absolute atomic E-state index is 0.112. The molecule has 3 rings (SSSR count). The van der Waals surface area contributed by atoms with Crippen LogP contribution in [0.3, 0.4) is 0 Å². The van der Waals surface area contributed by atoms with Crippen molar-refractivity contribution in [3.63, 3.8) is 0 Å². The fraction of sp³-hybridized carbons (Fsp3) is 0.441. The first-order chi connectivity index (χ1) is 21.8. The highest BCUT2D eigenvalue weighted by atomic mass is 32.1. The maximum Gasteiger partial charge on any atom is 0.430 e. The molecule has 11 nitrogen and oxygen atoms in total. The summed E-state index contributed by atoms with van der Waals surface area (Å²) in [7, 11) is 5.30. The fourth-order valence-corrected chi connectivity index (χ4v) is 5.03. The van der Waals surface area contributed by atoms with E-state index in [0.29, 0.717) is 21.0 Å². The number of carbonyl (C=O) groups excluding carboxylic acids is 3. The number of piperazine rings is 1. The molecule has 0 bridgehead atoms. The molecule has 0 spiro atoms. The van der Waals surface area contributed by atoms with Gasteiger partial charge in [-0.25, -0.2) is 15.6 Å². The molecule has 0 saturated carbocycles. The second-order valence-corrected chi connectivity index (χ2v) is 12.0. The Morgan fingerprint density at radius 3 is 2.13 bits per heavy atom. The van der Waals surface area contributed by atoms with E-state index in [-0.39, 0.29) is 18.4 Å². The van der Waals surface area contributed by atoms with Crippen LogP contribution in [0.4, 0.5) is 9.80 Å². The zero-order chi connectivity index (χ0) is 35.3. The summed E-state index contributed by atoms with van der Waals surface area (Å²) in [4.78, 5) is 43.5. The van der Waals surface area contributed by atoms with Crippen molar-refractivity contribution in [2.75, 3.05) is 52.3 Å². The molecule has 1 aliphatic rings. The third-order valence-electron chi connectivity index (χ3n) is 5.88. The van der Waals surface area contributed by atoms with Gasteiger partial charge in [0.05, 0.1) is 4.88 Å². The number of hydrogen-bond acceptors (Lipinski definition) is 9. The number of rotatable bonds is 9. The molecule has 1 aromatic heterocycles. The number of hydrazine groups is 2.